The highest BCUT2D eigenvalue weighted by molar-refractivity contribution is 5.32. The van der Waals surface area contributed by atoms with Crippen LogP contribution in [0.4, 0.5) is 8.78 Å². The summed E-state index contributed by atoms with van der Waals surface area (Å²) < 4.78 is 24.3. The van der Waals surface area contributed by atoms with Gasteiger partial charge in [0.1, 0.15) is 11.8 Å². The maximum Gasteiger partial charge on any atom is 0.290 e. The molecule has 0 bridgehead atoms. The molecule has 2 fully saturated rings. The van der Waals surface area contributed by atoms with Crippen molar-refractivity contribution in [3.8, 4) is 0 Å². The van der Waals surface area contributed by atoms with Gasteiger partial charge in [-0.1, -0.05) is 0 Å². The van der Waals surface area contributed by atoms with Crippen molar-refractivity contribution in [3.05, 3.63) is 0 Å². The van der Waals surface area contributed by atoms with Crippen molar-refractivity contribution in [3.63, 3.8) is 0 Å². The Bertz CT molecular complexity index is 145. The Kier molecular flexibility index (Phi) is 1.62. The molecule has 3 atom stereocenters. The zero-order valence-corrected chi connectivity index (χ0v) is 5.26. The van der Waals surface area contributed by atoms with Crippen LogP contribution >= 0.6 is 0 Å². The highest BCUT2D eigenvalue weighted by atomic mass is 19.2. The Balaban J connectivity index is 0.000000148. The number of hydrogen-bond acceptors (Lipinski definition) is 1. The lowest BCUT2D eigenvalue weighted by Gasteiger charge is -2.12. The van der Waals surface area contributed by atoms with Crippen molar-refractivity contribution in [2.75, 3.05) is 0 Å². The van der Waals surface area contributed by atoms with E-state index in [0.717, 1.165) is 6.42 Å². The van der Waals surface area contributed by atoms with Gasteiger partial charge in [-0.15, -0.1) is 0 Å². The van der Waals surface area contributed by atoms with Crippen LogP contribution in [0.2, 0.25) is 0 Å². The summed E-state index contributed by atoms with van der Waals surface area (Å²) in [7, 11) is 0. The molecule has 0 heterocycles. The van der Waals surface area contributed by atoms with E-state index in [4.69, 9.17) is 9.90 Å². The summed E-state index contributed by atoms with van der Waals surface area (Å²) >= 11 is 0. The van der Waals surface area contributed by atoms with Gasteiger partial charge in [-0.05, 0) is 12.8 Å². The van der Waals surface area contributed by atoms with Crippen LogP contribution in [0.3, 0.4) is 0 Å². The molecule has 2 saturated carbocycles. The molecule has 3 unspecified atom stereocenters. The Labute approximate surface area is 56.8 Å². The molecule has 0 aliphatic heterocycles. The number of fused-ring (bicyclic) bond motifs is 1. The normalized spacial score (nSPS) is 47.4. The zero-order chi connectivity index (χ0) is 7.78. The van der Waals surface area contributed by atoms with Crippen LogP contribution in [-0.2, 0) is 4.79 Å². The largest absolute Gasteiger partial charge is 0.483 e. The lowest BCUT2D eigenvalue weighted by Crippen LogP contribution is -2.14. The van der Waals surface area contributed by atoms with E-state index in [1.807, 2.05) is 0 Å². The van der Waals surface area contributed by atoms with Gasteiger partial charge in [0.15, 0.2) is 0 Å². The van der Waals surface area contributed by atoms with Gasteiger partial charge >= 0.3 is 0 Å². The smallest absolute Gasteiger partial charge is 0.290 e. The van der Waals surface area contributed by atoms with Crippen LogP contribution in [0.15, 0.2) is 0 Å². The molecule has 0 aromatic rings. The molecular weight excluding hydrogens is 142 g/mol. The number of carbonyl (C=O) groups is 1. The summed E-state index contributed by atoms with van der Waals surface area (Å²) in [6.07, 6.45) is 0.156. The molecule has 0 aromatic heterocycles. The summed E-state index contributed by atoms with van der Waals surface area (Å²) in [5.41, 5.74) is -1.32. The Hall–Kier alpha value is -0.670. The van der Waals surface area contributed by atoms with Gasteiger partial charge in [0, 0.05) is 5.92 Å². The molecule has 10 heavy (non-hydrogen) atoms. The van der Waals surface area contributed by atoms with E-state index in [0.29, 0.717) is 6.42 Å². The highest BCUT2D eigenvalue weighted by Gasteiger charge is 2.73. The lowest BCUT2D eigenvalue weighted by atomic mass is 9.98. The zero-order valence-electron chi connectivity index (χ0n) is 5.26. The average Bonchev–Trinajstić information content (AvgIpc) is 2.16. The summed E-state index contributed by atoms with van der Waals surface area (Å²) in [6, 6.07) is 0. The number of hydrogen-bond donors (Lipinski definition) is 1. The molecule has 2 aliphatic rings. The molecule has 4 heteroatoms. The second-order valence-corrected chi connectivity index (χ2v) is 2.58. The van der Waals surface area contributed by atoms with Gasteiger partial charge in [0.25, 0.3) is 6.47 Å². The van der Waals surface area contributed by atoms with Crippen molar-refractivity contribution >= 4 is 6.47 Å². The molecule has 0 spiro atoms. The predicted octanol–water partition coefficient (Wildman–Crippen LogP) is 1.16. The average molecular weight is 150 g/mol. The predicted molar refractivity (Wildman–Crippen MR) is 30.2 cm³/mol. The first-order chi connectivity index (χ1) is 4.66. The first kappa shape index (κ1) is 7.44. The van der Waals surface area contributed by atoms with E-state index in [9.17, 15) is 8.78 Å². The van der Waals surface area contributed by atoms with Crippen LogP contribution < -0.4 is 0 Å². The fourth-order valence-electron chi connectivity index (χ4n) is 1.31. The molecule has 58 valence electrons. The Morgan fingerprint density at radius 3 is 2.10 bits per heavy atom. The van der Waals surface area contributed by atoms with Gasteiger partial charge in [-0.25, -0.2) is 8.78 Å². The highest BCUT2D eigenvalue weighted by Crippen LogP contribution is 2.64. The fourth-order valence-corrected chi connectivity index (χ4v) is 1.31. The minimum Gasteiger partial charge on any atom is -0.483 e. The second-order valence-electron chi connectivity index (χ2n) is 2.58. The topological polar surface area (TPSA) is 37.3 Å². The molecule has 2 rings (SSSR count). The monoisotopic (exact) mass is 150 g/mol. The van der Waals surface area contributed by atoms with Gasteiger partial charge < -0.3 is 5.11 Å². The third-order valence-corrected chi connectivity index (χ3v) is 2.16. The van der Waals surface area contributed by atoms with Gasteiger partial charge in [-0.2, -0.15) is 0 Å². The van der Waals surface area contributed by atoms with E-state index in [2.05, 4.69) is 0 Å². The van der Waals surface area contributed by atoms with Crippen LogP contribution in [0.5, 0.6) is 0 Å². The minimum atomic E-state index is -1.32. The second kappa shape index (κ2) is 2.18. The van der Waals surface area contributed by atoms with E-state index in [1.165, 1.54) is 0 Å². The van der Waals surface area contributed by atoms with Gasteiger partial charge in [0.05, 0.1) is 0 Å². The fraction of sp³-hybridized carbons (Fsp3) is 0.833. The van der Waals surface area contributed by atoms with Crippen LogP contribution in [0.1, 0.15) is 12.8 Å². The van der Waals surface area contributed by atoms with Crippen molar-refractivity contribution in [2.45, 2.75) is 24.7 Å². The molecule has 0 amide bonds. The molecule has 2 aliphatic carbocycles. The molecular formula is C6H8F2O2. The lowest BCUT2D eigenvalue weighted by molar-refractivity contribution is -0.122. The third-order valence-electron chi connectivity index (χ3n) is 2.16. The van der Waals surface area contributed by atoms with Crippen LogP contribution in [-0.4, -0.2) is 23.4 Å². The van der Waals surface area contributed by atoms with E-state index < -0.39 is 11.8 Å². The SMILES string of the molecule is FC1C2CCC12F.O=CO. The standard InChI is InChI=1S/C5H6F2.CH2O2/c6-4-3-1-2-5(3,4)7;2-1-3/h3-4H,1-2H2;1H,(H,2,3). The number of carboxylic acid groups (broad SMARTS) is 1. The third kappa shape index (κ3) is 0.786. The van der Waals surface area contributed by atoms with Gasteiger partial charge in [-0.3, -0.25) is 4.79 Å². The summed E-state index contributed by atoms with van der Waals surface area (Å²) in [5.74, 6) is -0.188. The first-order valence-corrected chi connectivity index (χ1v) is 3.07. The van der Waals surface area contributed by atoms with Crippen molar-refractivity contribution in [1.82, 2.24) is 0 Å². The summed E-state index contributed by atoms with van der Waals surface area (Å²) in [4.78, 5) is 8.36. The molecule has 2 nitrogen and oxygen atoms in total. The van der Waals surface area contributed by atoms with E-state index >= 15 is 0 Å². The minimum absolute atomic E-state index is 0.188. The molecule has 1 N–H and O–H groups in total. The van der Waals surface area contributed by atoms with E-state index in [-0.39, 0.29) is 12.4 Å². The maximum absolute atomic E-state index is 12.3. The number of halogens is 2. The number of rotatable bonds is 0. The Morgan fingerprint density at radius 2 is 2.10 bits per heavy atom. The molecule has 0 saturated heterocycles. The molecule has 0 radical (unpaired) electrons. The summed E-state index contributed by atoms with van der Waals surface area (Å²) in [5, 5.41) is 6.89. The van der Waals surface area contributed by atoms with Crippen molar-refractivity contribution < 1.29 is 18.7 Å². The summed E-state index contributed by atoms with van der Waals surface area (Å²) in [6.45, 7) is -0.250. The quantitative estimate of drug-likeness (QED) is 0.526. The van der Waals surface area contributed by atoms with Crippen molar-refractivity contribution in [1.29, 1.82) is 0 Å². The maximum atomic E-state index is 12.3. The van der Waals surface area contributed by atoms with Crippen molar-refractivity contribution in [2.24, 2.45) is 5.92 Å². The molecule has 0 aromatic carbocycles. The van der Waals surface area contributed by atoms with Crippen LogP contribution in [0.25, 0.3) is 0 Å². The first-order valence-electron chi connectivity index (χ1n) is 3.07. The Morgan fingerprint density at radius 1 is 1.70 bits per heavy atom. The van der Waals surface area contributed by atoms with Crippen LogP contribution in [0, 0.1) is 5.92 Å². The van der Waals surface area contributed by atoms with E-state index in [1.54, 1.807) is 0 Å². The number of alkyl halides is 2. The van der Waals surface area contributed by atoms with Gasteiger partial charge in [0.2, 0.25) is 0 Å².